The van der Waals surface area contributed by atoms with Crippen LogP contribution in [0.3, 0.4) is 0 Å². The first kappa shape index (κ1) is 15.2. The van der Waals surface area contributed by atoms with E-state index >= 15 is 0 Å². The van der Waals surface area contributed by atoms with Gasteiger partial charge in [0.1, 0.15) is 0 Å². The summed E-state index contributed by atoms with van der Waals surface area (Å²) >= 11 is 0. The maximum atomic E-state index is 11.2. The number of aromatic nitrogens is 1. The van der Waals surface area contributed by atoms with Gasteiger partial charge in [0, 0.05) is 18.7 Å². The fourth-order valence-corrected chi connectivity index (χ4v) is 2.70. The molecule has 2 rings (SSSR count). The van der Waals surface area contributed by atoms with Gasteiger partial charge >= 0.3 is 11.7 Å². The van der Waals surface area contributed by atoms with E-state index in [2.05, 4.69) is 4.98 Å². The third-order valence-corrected chi connectivity index (χ3v) is 3.65. The molecule has 114 valence electrons. The first-order valence-corrected chi connectivity index (χ1v) is 6.81. The van der Waals surface area contributed by atoms with Crippen LogP contribution in [-0.2, 0) is 0 Å². The zero-order valence-corrected chi connectivity index (χ0v) is 11.4. The number of aliphatic hydroxyl groups is 1. The second-order valence-corrected chi connectivity index (χ2v) is 4.96. The van der Waals surface area contributed by atoms with E-state index in [0.717, 1.165) is 37.8 Å². The highest BCUT2D eigenvalue weighted by molar-refractivity contribution is 5.86. The van der Waals surface area contributed by atoms with E-state index in [-0.39, 0.29) is 36.4 Å². The maximum absolute atomic E-state index is 11.2. The largest absolute Gasteiger partial charge is 0.477 e. The van der Waals surface area contributed by atoms with Crippen LogP contribution in [0, 0.1) is 10.1 Å². The number of nitrogens with zero attached hydrogens (tertiary/aromatic N) is 3. The molecule has 1 fully saturated rings. The smallest absolute Gasteiger partial charge is 0.354 e. The molecule has 1 aliphatic rings. The zero-order valence-electron chi connectivity index (χ0n) is 11.4. The minimum absolute atomic E-state index is 0.0286. The Kier molecular flexibility index (Phi) is 4.69. The van der Waals surface area contributed by atoms with Crippen molar-refractivity contribution in [2.24, 2.45) is 0 Å². The number of aromatic carboxylic acids is 1. The van der Waals surface area contributed by atoms with Crippen molar-refractivity contribution in [3.63, 3.8) is 0 Å². The lowest BCUT2D eigenvalue weighted by molar-refractivity contribution is -0.384. The molecule has 0 spiro atoms. The van der Waals surface area contributed by atoms with Crippen molar-refractivity contribution in [2.45, 2.75) is 31.7 Å². The lowest BCUT2D eigenvalue weighted by atomic mass is 10.2. The number of hydrogen-bond donors (Lipinski definition) is 2. The molecule has 0 aromatic carbocycles. The lowest BCUT2D eigenvalue weighted by Gasteiger charge is -2.29. The molecule has 0 amide bonds. The van der Waals surface area contributed by atoms with Gasteiger partial charge in [-0.2, -0.15) is 0 Å². The van der Waals surface area contributed by atoms with Crippen LogP contribution in [0.2, 0.25) is 0 Å². The summed E-state index contributed by atoms with van der Waals surface area (Å²) in [7, 11) is 0. The Labute approximate surface area is 121 Å². The van der Waals surface area contributed by atoms with Crippen LogP contribution in [0.5, 0.6) is 0 Å². The molecule has 8 nitrogen and oxygen atoms in total. The molecule has 0 aliphatic heterocycles. The molecule has 8 heteroatoms. The summed E-state index contributed by atoms with van der Waals surface area (Å²) in [4.78, 5) is 27.2. The van der Waals surface area contributed by atoms with Gasteiger partial charge in [-0.25, -0.2) is 9.78 Å². The molecular formula is C13H17N3O5. The molecular weight excluding hydrogens is 278 g/mol. The summed E-state index contributed by atoms with van der Waals surface area (Å²) in [6.45, 7) is 0.0220. The molecule has 2 N–H and O–H groups in total. The second kappa shape index (κ2) is 6.49. The summed E-state index contributed by atoms with van der Waals surface area (Å²) in [6, 6.07) is 2.33. The topological polar surface area (TPSA) is 117 Å². The maximum Gasteiger partial charge on any atom is 0.354 e. The summed E-state index contributed by atoms with van der Waals surface area (Å²) in [5.41, 5.74) is -0.475. The number of carboxylic acid groups (broad SMARTS) is 1. The Morgan fingerprint density at radius 3 is 2.62 bits per heavy atom. The fourth-order valence-electron chi connectivity index (χ4n) is 2.70. The van der Waals surface area contributed by atoms with Gasteiger partial charge in [-0.1, -0.05) is 12.8 Å². The predicted octanol–water partition coefficient (Wildman–Crippen LogP) is 1.43. The molecule has 1 saturated carbocycles. The van der Waals surface area contributed by atoms with Gasteiger partial charge in [0.05, 0.1) is 11.5 Å². The number of rotatable bonds is 6. The highest BCUT2D eigenvalue weighted by atomic mass is 16.6. The Morgan fingerprint density at radius 2 is 2.10 bits per heavy atom. The number of aliphatic hydroxyl groups excluding tert-OH is 1. The number of carboxylic acids is 1. The van der Waals surface area contributed by atoms with Crippen molar-refractivity contribution < 1.29 is 19.9 Å². The van der Waals surface area contributed by atoms with Crippen LogP contribution in [-0.4, -0.2) is 45.3 Å². The summed E-state index contributed by atoms with van der Waals surface area (Å²) in [5.74, 6) is -1.21. The van der Waals surface area contributed by atoms with Gasteiger partial charge < -0.3 is 15.1 Å². The summed E-state index contributed by atoms with van der Waals surface area (Å²) in [5, 5.41) is 29.4. The standard InChI is InChI=1S/C13H17N3O5/c17-8-7-15(9-3-1-2-4-9)12-11(16(20)21)6-5-10(14-12)13(18)19/h5-6,9,17H,1-4,7-8H2,(H,18,19). The first-order valence-electron chi connectivity index (χ1n) is 6.81. The first-order chi connectivity index (χ1) is 10.0. The van der Waals surface area contributed by atoms with Crippen molar-refractivity contribution in [3.05, 3.63) is 27.9 Å². The number of hydrogen-bond acceptors (Lipinski definition) is 6. The average Bonchev–Trinajstić information content (AvgIpc) is 2.97. The van der Waals surface area contributed by atoms with Crippen LogP contribution in [0.1, 0.15) is 36.2 Å². The average molecular weight is 295 g/mol. The van der Waals surface area contributed by atoms with E-state index in [0.29, 0.717) is 0 Å². The lowest BCUT2D eigenvalue weighted by Crippen LogP contribution is -2.37. The van der Waals surface area contributed by atoms with Crippen LogP contribution in [0.15, 0.2) is 12.1 Å². The molecule has 1 aromatic heterocycles. The summed E-state index contributed by atoms with van der Waals surface area (Å²) in [6.07, 6.45) is 3.74. The van der Waals surface area contributed by atoms with Crippen molar-refractivity contribution in [3.8, 4) is 0 Å². The predicted molar refractivity (Wildman–Crippen MR) is 74.5 cm³/mol. The third-order valence-electron chi connectivity index (χ3n) is 3.65. The van der Waals surface area contributed by atoms with Crippen LogP contribution < -0.4 is 4.90 Å². The Balaban J connectivity index is 2.46. The molecule has 0 saturated heterocycles. The van der Waals surface area contributed by atoms with E-state index in [1.807, 2.05) is 0 Å². The second-order valence-electron chi connectivity index (χ2n) is 4.96. The number of pyridine rings is 1. The van der Waals surface area contributed by atoms with E-state index in [1.54, 1.807) is 4.90 Å². The van der Waals surface area contributed by atoms with Crippen LogP contribution >= 0.6 is 0 Å². The van der Waals surface area contributed by atoms with Crippen molar-refractivity contribution >= 4 is 17.5 Å². The van der Waals surface area contributed by atoms with Gasteiger partial charge in [0.2, 0.25) is 5.82 Å². The molecule has 0 radical (unpaired) electrons. The van der Waals surface area contributed by atoms with E-state index in [1.165, 1.54) is 0 Å². The van der Waals surface area contributed by atoms with Gasteiger partial charge in [-0.15, -0.1) is 0 Å². The Bertz CT molecular complexity index is 543. The molecule has 0 unspecified atom stereocenters. The monoisotopic (exact) mass is 295 g/mol. The number of nitro groups is 1. The van der Waals surface area contributed by atoms with Gasteiger partial charge in [-0.3, -0.25) is 10.1 Å². The Morgan fingerprint density at radius 1 is 1.43 bits per heavy atom. The van der Waals surface area contributed by atoms with Gasteiger partial charge in [0.25, 0.3) is 0 Å². The van der Waals surface area contributed by atoms with E-state index < -0.39 is 10.9 Å². The van der Waals surface area contributed by atoms with Crippen molar-refractivity contribution in [2.75, 3.05) is 18.1 Å². The summed E-state index contributed by atoms with van der Waals surface area (Å²) < 4.78 is 0. The number of carbonyl (C=O) groups is 1. The van der Waals surface area contributed by atoms with Crippen molar-refractivity contribution in [1.82, 2.24) is 4.98 Å². The van der Waals surface area contributed by atoms with Gasteiger partial charge in [0.15, 0.2) is 5.69 Å². The highest BCUT2D eigenvalue weighted by Gasteiger charge is 2.30. The third kappa shape index (κ3) is 3.27. The number of anilines is 1. The fraction of sp³-hybridized carbons (Fsp3) is 0.538. The highest BCUT2D eigenvalue weighted by Crippen LogP contribution is 2.32. The molecule has 0 atom stereocenters. The van der Waals surface area contributed by atoms with Gasteiger partial charge in [-0.05, 0) is 18.9 Å². The molecule has 1 heterocycles. The normalized spacial score (nSPS) is 15.1. The Hall–Kier alpha value is -2.22. The molecule has 0 bridgehead atoms. The van der Waals surface area contributed by atoms with E-state index in [4.69, 9.17) is 5.11 Å². The van der Waals surface area contributed by atoms with Crippen LogP contribution in [0.4, 0.5) is 11.5 Å². The SMILES string of the molecule is O=C(O)c1ccc([N+](=O)[O-])c(N(CCO)C2CCCC2)n1. The molecule has 21 heavy (non-hydrogen) atoms. The molecule has 1 aromatic rings. The van der Waals surface area contributed by atoms with E-state index in [9.17, 15) is 20.0 Å². The minimum atomic E-state index is -1.23. The zero-order chi connectivity index (χ0) is 15.4. The van der Waals surface area contributed by atoms with Crippen LogP contribution in [0.25, 0.3) is 0 Å². The quantitative estimate of drug-likeness (QED) is 0.602. The van der Waals surface area contributed by atoms with Crippen molar-refractivity contribution in [1.29, 1.82) is 0 Å². The molecule has 1 aliphatic carbocycles. The minimum Gasteiger partial charge on any atom is -0.477 e.